The molecule has 0 atom stereocenters. The van der Waals surface area contributed by atoms with Crippen molar-refractivity contribution in [2.24, 2.45) is 0 Å². The number of nitrogens with one attached hydrogen (secondary N) is 1. The summed E-state index contributed by atoms with van der Waals surface area (Å²) in [7, 11) is 0. The molecule has 0 saturated carbocycles. The first-order valence-corrected chi connectivity index (χ1v) is 6.00. The largest absolute Gasteiger partial charge is 0.493 e. The number of carboxylic acids is 1. The van der Waals surface area contributed by atoms with Crippen LogP contribution in [0, 0.1) is 0 Å². The Hall–Kier alpha value is -2.08. The van der Waals surface area contributed by atoms with Crippen molar-refractivity contribution < 1.29 is 24.2 Å². The van der Waals surface area contributed by atoms with Gasteiger partial charge >= 0.3 is 5.97 Å². The SMILES string of the molecule is O=C(O)COCCNC(=O)c1ccc2c(c1)CCO2. The predicted molar refractivity (Wildman–Crippen MR) is 66.4 cm³/mol. The van der Waals surface area contributed by atoms with Crippen molar-refractivity contribution in [3.05, 3.63) is 29.3 Å². The number of hydrogen-bond acceptors (Lipinski definition) is 4. The number of ether oxygens (including phenoxy) is 2. The molecule has 0 aliphatic carbocycles. The number of hydrogen-bond donors (Lipinski definition) is 2. The molecule has 0 spiro atoms. The fourth-order valence-corrected chi connectivity index (χ4v) is 1.83. The van der Waals surface area contributed by atoms with Crippen LogP contribution in [0.15, 0.2) is 18.2 Å². The molecule has 2 rings (SSSR count). The van der Waals surface area contributed by atoms with E-state index in [1.807, 2.05) is 6.07 Å². The van der Waals surface area contributed by atoms with Gasteiger partial charge in [-0.3, -0.25) is 4.79 Å². The van der Waals surface area contributed by atoms with Crippen molar-refractivity contribution in [2.45, 2.75) is 6.42 Å². The number of carbonyl (C=O) groups is 2. The van der Waals surface area contributed by atoms with Crippen molar-refractivity contribution in [1.82, 2.24) is 5.32 Å². The van der Waals surface area contributed by atoms with E-state index >= 15 is 0 Å². The molecule has 0 radical (unpaired) electrons. The molecule has 1 heterocycles. The van der Waals surface area contributed by atoms with E-state index in [9.17, 15) is 9.59 Å². The Labute approximate surface area is 110 Å². The number of benzene rings is 1. The third-order valence-corrected chi connectivity index (χ3v) is 2.71. The Morgan fingerprint density at radius 2 is 2.26 bits per heavy atom. The molecule has 0 fully saturated rings. The molecule has 0 aromatic heterocycles. The topological polar surface area (TPSA) is 84.9 Å². The number of amides is 1. The normalized spacial score (nSPS) is 12.6. The molecular weight excluding hydrogens is 250 g/mol. The van der Waals surface area contributed by atoms with Gasteiger partial charge < -0.3 is 19.9 Å². The van der Waals surface area contributed by atoms with Crippen LogP contribution in [0.3, 0.4) is 0 Å². The van der Waals surface area contributed by atoms with Crippen LogP contribution in [0.1, 0.15) is 15.9 Å². The maximum absolute atomic E-state index is 11.8. The Morgan fingerprint density at radius 3 is 3.05 bits per heavy atom. The summed E-state index contributed by atoms with van der Waals surface area (Å²) in [6.45, 7) is 0.751. The van der Waals surface area contributed by atoms with Gasteiger partial charge in [0.25, 0.3) is 5.91 Å². The summed E-state index contributed by atoms with van der Waals surface area (Å²) in [5.41, 5.74) is 1.61. The highest BCUT2D eigenvalue weighted by atomic mass is 16.5. The van der Waals surface area contributed by atoms with Crippen molar-refractivity contribution in [1.29, 1.82) is 0 Å². The number of rotatable bonds is 6. The van der Waals surface area contributed by atoms with E-state index in [-0.39, 0.29) is 25.7 Å². The van der Waals surface area contributed by atoms with Crippen molar-refractivity contribution in [2.75, 3.05) is 26.4 Å². The molecule has 0 bridgehead atoms. The molecule has 6 nitrogen and oxygen atoms in total. The van der Waals surface area contributed by atoms with E-state index in [1.165, 1.54) is 0 Å². The third-order valence-electron chi connectivity index (χ3n) is 2.71. The second-order valence-corrected chi connectivity index (χ2v) is 4.12. The van der Waals surface area contributed by atoms with Crippen molar-refractivity contribution in [3.63, 3.8) is 0 Å². The molecule has 6 heteroatoms. The van der Waals surface area contributed by atoms with Gasteiger partial charge in [-0.1, -0.05) is 0 Å². The second-order valence-electron chi connectivity index (χ2n) is 4.12. The second kappa shape index (κ2) is 6.19. The lowest BCUT2D eigenvalue weighted by atomic mass is 10.1. The summed E-state index contributed by atoms with van der Waals surface area (Å²) in [5.74, 6) is -0.389. The van der Waals surface area contributed by atoms with Gasteiger partial charge in [-0.05, 0) is 23.8 Å². The van der Waals surface area contributed by atoms with Crippen LogP contribution in [-0.2, 0) is 16.0 Å². The summed E-state index contributed by atoms with van der Waals surface area (Å²) in [4.78, 5) is 22.0. The van der Waals surface area contributed by atoms with Crippen LogP contribution in [0.4, 0.5) is 0 Å². The summed E-state index contributed by atoms with van der Waals surface area (Å²) < 4.78 is 10.2. The highest BCUT2D eigenvalue weighted by Crippen LogP contribution is 2.25. The van der Waals surface area contributed by atoms with Gasteiger partial charge in [0.1, 0.15) is 12.4 Å². The fraction of sp³-hybridized carbons (Fsp3) is 0.385. The summed E-state index contributed by atoms with van der Waals surface area (Å²) >= 11 is 0. The van der Waals surface area contributed by atoms with Crippen molar-refractivity contribution >= 4 is 11.9 Å². The van der Waals surface area contributed by atoms with E-state index < -0.39 is 5.97 Å². The fourth-order valence-electron chi connectivity index (χ4n) is 1.83. The van der Waals surface area contributed by atoms with Gasteiger partial charge in [-0.25, -0.2) is 4.79 Å². The summed E-state index contributed by atoms with van der Waals surface area (Å²) in [6, 6.07) is 5.31. The lowest BCUT2D eigenvalue weighted by Gasteiger charge is -2.06. The average molecular weight is 265 g/mol. The van der Waals surface area contributed by atoms with Gasteiger partial charge in [-0.15, -0.1) is 0 Å². The molecule has 2 N–H and O–H groups in total. The van der Waals surface area contributed by atoms with Crippen LogP contribution < -0.4 is 10.1 Å². The third kappa shape index (κ3) is 3.69. The van der Waals surface area contributed by atoms with Gasteiger partial charge in [0, 0.05) is 18.5 Å². The Balaban J connectivity index is 1.78. The molecule has 0 unspecified atom stereocenters. The van der Waals surface area contributed by atoms with E-state index in [1.54, 1.807) is 12.1 Å². The Morgan fingerprint density at radius 1 is 1.42 bits per heavy atom. The number of carboxylic acid groups (broad SMARTS) is 1. The van der Waals surface area contributed by atoms with Gasteiger partial charge in [0.15, 0.2) is 0 Å². The zero-order chi connectivity index (χ0) is 13.7. The monoisotopic (exact) mass is 265 g/mol. The minimum atomic E-state index is -1.02. The number of fused-ring (bicyclic) bond motifs is 1. The minimum absolute atomic E-state index is 0.173. The molecule has 1 amide bonds. The standard InChI is InChI=1S/C13H15NO5/c15-12(16)8-18-6-4-14-13(17)10-1-2-11-9(7-10)3-5-19-11/h1-2,7H,3-6,8H2,(H,14,17)(H,15,16). The quantitative estimate of drug-likeness (QED) is 0.730. The summed E-state index contributed by atoms with van der Waals surface area (Å²) in [5, 5.41) is 11.0. The van der Waals surface area contributed by atoms with E-state index in [0.717, 1.165) is 17.7 Å². The molecular formula is C13H15NO5. The lowest BCUT2D eigenvalue weighted by Crippen LogP contribution is -2.27. The van der Waals surface area contributed by atoms with Gasteiger partial charge in [0.05, 0.1) is 13.2 Å². The number of aliphatic carboxylic acids is 1. The first-order valence-electron chi connectivity index (χ1n) is 6.00. The van der Waals surface area contributed by atoms with Crippen LogP contribution >= 0.6 is 0 Å². The highest BCUT2D eigenvalue weighted by Gasteiger charge is 2.14. The molecule has 19 heavy (non-hydrogen) atoms. The molecule has 102 valence electrons. The first-order chi connectivity index (χ1) is 9.16. The Kier molecular flexibility index (Phi) is 4.35. The molecule has 0 saturated heterocycles. The summed E-state index contributed by atoms with van der Waals surface area (Å²) in [6.07, 6.45) is 0.818. The zero-order valence-electron chi connectivity index (χ0n) is 10.3. The maximum Gasteiger partial charge on any atom is 0.329 e. The number of carbonyl (C=O) groups excluding carboxylic acids is 1. The lowest BCUT2D eigenvalue weighted by molar-refractivity contribution is -0.142. The van der Waals surface area contributed by atoms with Crippen LogP contribution in [-0.4, -0.2) is 43.3 Å². The van der Waals surface area contributed by atoms with Crippen molar-refractivity contribution in [3.8, 4) is 5.75 Å². The molecule has 1 aromatic rings. The van der Waals surface area contributed by atoms with E-state index in [4.69, 9.17) is 14.6 Å². The van der Waals surface area contributed by atoms with E-state index in [2.05, 4.69) is 5.32 Å². The maximum atomic E-state index is 11.8. The average Bonchev–Trinajstić information content (AvgIpc) is 2.84. The van der Waals surface area contributed by atoms with Crippen LogP contribution in [0.5, 0.6) is 5.75 Å². The van der Waals surface area contributed by atoms with Crippen LogP contribution in [0.2, 0.25) is 0 Å². The predicted octanol–water partition coefficient (Wildman–Crippen LogP) is 0.453. The van der Waals surface area contributed by atoms with Gasteiger partial charge in [0.2, 0.25) is 0 Å². The molecule has 1 aliphatic heterocycles. The smallest absolute Gasteiger partial charge is 0.329 e. The van der Waals surface area contributed by atoms with E-state index in [0.29, 0.717) is 12.2 Å². The molecule has 1 aliphatic rings. The first kappa shape index (κ1) is 13.4. The highest BCUT2D eigenvalue weighted by molar-refractivity contribution is 5.94. The van der Waals surface area contributed by atoms with Crippen LogP contribution in [0.25, 0.3) is 0 Å². The zero-order valence-corrected chi connectivity index (χ0v) is 10.3. The van der Waals surface area contributed by atoms with Gasteiger partial charge in [-0.2, -0.15) is 0 Å². The molecule has 1 aromatic carbocycles. The minimum Gasteiger partial charge on any atom is -0.493 e. The Bertz CT molecular complexity index is 486.